The van der Waals surface area contributed by atoms with E-state index in [1.807, 2.05) is 19.1 Å². The van der Waals surface area contributed by atoms with Crippen LogP contribution in [-0.4, -0.2) is 54.5 Å². The average Bonchev–Trinajstić information content (AvgIpc) is 3.05. The second-order valence-corrected chi connectivity index (χ2v) is 7.13. The number of benzene rings is 1. The highest BCUT2D eigenvalue weighted by atomic mass is 16.5. The van der Waals surface area contributed by atoms with Crippen LogP contribution in [0.5, 0.6) is 5.75 Å². The fourth-order valence-electron chi connectivity index (χ4n) is 5.05. The van der Waals surface area contributed by atoms with Crippen molar-refractivity contribution in [3.05, 3.63) is 29.8 Å². The second kappa shape index (κ2) is 5.82. The number of piperidine rings is 3. The highest BCUT2D eigenvalue weighted by Gasteiger charge is 2.54. The molecule has 4 aliphatic rings. The monoisotopic (exact) mass is 314 g/mol. The number of carbonyl (C=O) groups is 1. The van der Waals surface area contributed by atoms with E-state index >= 15 is 0 Å². The molecule has 4 heteroatoms. The molecule has 4 heterocycles. The molecule has 1 aromatic rings. The number of hydrogen-bond acceptors (Lipinski definition) is 3. The van der Waals surface area contributed by atoms with Gasteiger partial charge in [-0.25, -0.2) is 0 Å². The molecule has 4 nitrogen and oxygen atoms in total. The van der Waals surface area contributed by atoms with Crippen LogP contribution in [0.15, 0.2) is 24.3 Å². The van der Waals surface area contributed by atoms with E-state index in [1.54, 1.807) is 7.11 Å². The SMILES string of the molecule is CCC(=O)N1C[C@H](c2ccc(OC)cc2)[C@H]2[C@@H]1C1CCN2CC1. The first-order valence-electron chi connectivity index (χ1n) is 8.90. The molecule has 0 aromatic heterocycles. The molecule has 0 radical (unpaired) electrons. The molecule has 124 valence electrons. The molecular formula is C19H26N2O2. The molecule has 1 amide bonds. The van der Waals surface area contributed by atoms with E-state index in [1.165, 1.54) is 31.5 Å². The summed E-state index contributed by atoms with van der Waals surface area (Å²) in [6, 6.07) is 9.40. The van der Waals surface area contributed by atoms with E-state index < -0.39 is 0 Å². The Morgan fingerprint density at radius 1 is 1.17 bits per heavy atom. The molecule has 0 aliphatic carbocycles. The molecule has 23 heavy (non-hydrogen) atoms. The Morgan fingerprint density at radius 3 is 2.48 bits per heavy atom. The van der Waals surface area contributed by atoms with Crippen LogP contribution in [0, 0.1) is 5.92 Å². The predicted octanol–water partition coefficient (Wildman–Crippen LogP) is 2.49. The van der Waals surface area contributed by atoms with Gasteiger partial charge in [0.2, 0.25) is 5.91 Å². The first-order valence-corrected chi connectivity index (χ1v) is 8.90. The molecule has 1 aromatic carbocycles. The summed E-state index contributed by atoms with van der Waals surface area (Å²) in [5.74, 6) is 2.35. The lowest BCUT2D eigenvalue weighted by atomic mass is 9.75. The summed E-state index contributed by atoms with van der Waals surface area (Å²) in [7, 11) is 1.70. The van der Waals surface area contributed by atoms with Gasteiger partial charge in [0.25, 0.3) is 0 Å². The largest absolute Gasteiger partial charge is 0.497 e. The Balaban J connectivity index is 1.67. The van der Waals surface area contributed by atoms with Crippen LogP contribution < -0.4 is 4.74 Å². The van der Waals surface area contributed by atoms with Gasteiger partial charge in [0.1, 0.15) is 5.75 Å². The third kappa shape index (κ3) is 2.35. The molecule has 0 N–H and O–H groups in total. The van der Waals surface area contributed by atoms with Crippen molar-refractivity contribution in [3.63, 3.8) is 0 Å². The van der Waals surface area contributed by atoms with E-state index in [0.29, 0.717) is 36.2 Å². The van der Waals surface area contributed by atoms with Crippen molar-refractivity contribution >= 4 is 5.91 Å². The van der Waals surface area contributed by atoms with Gasteiger partial charge in [-0.2, -0.15) is 0 Å². The Labute approximate surface area is 138 Å². The number of rotatable bonds is 3. The van der Waals surface area contributed by atoms with Crippen molar-refractivity contribution in [2.24, 2.45) is 5.92 Å². The number of hydrogen-bond donors (Lipinski definition) is 0. The van der Waals surface area contributed by atoms with Gasteiger partial charge in [-0.05, 0) is 49.5 Å². The van der Waals surface area contributed by atoms with Gasteiger partial charge in [0.15, 0.2) is 0 Å². The minimum Gasteiger partial charge on any atom is -0.497 e. The Kier molecular flexibility index (Phi) is 3.80. The summed E-state index contributed by atoms with van der Waals surface area (Å²) in [5, 5.41) is 0. The van der Waals surface area contributed by atoms with E-state index in [-0.39, 0.29) is 0 Å². The number of fused-ring (bicyclic) bond motifs is 2. The molecule has 4 saturated heterocycles. The van der Waals surface area contributed by atoms with E-state index in [2.05, 4.69) is 21.9 Å². The van der Waals surface area contributed by atoms with Crippen molar-refractivity contribution < 1.29 is 9.53 Å². The number of ether oxygens (including phenoxy) is 1. The number of carbonyl (C=O) groups excluding carboxylic acids is 1. The highest BCUT2D eigenvalue weighted by molar-refractivity contribution is 5.77. The van der Waals surface area contributed by atoms with Crippen LogP contribution in [0.4, 0.5) is 0 Å². The first-order chi connectivity index (χ1) is 11.2. The molecule has 3 atom stereocenters. The third-order valence-electron chi connectivity index (χ3n) is 6.16. The normalized spacial score (nSPS) is 35.2. The first kappa shape index (κ1) is 15.0. The topological polar surface area (TPSA) is 32.8 Å². The van der Waals surface area contributed by atoms with Crippen LogP contribution in [0.2, 0.25) is 0 Å². The quantitative estimate of drug-likeness (QED) is 0.859. The molecule has 2 bridgehead atoms. The van der Waals surface area contributed by atoms with Crippen LogP contribution >= 0.6 is 0 Å². The minimum absolute atomic E-state index is 0.324. The number of nitrogens with zero attached hydrogens (tertiary/aromatic N) is 2. The maximum Gasteiger partial charge on any atom is 0.222 e. The number of amides is 1. The smallest absolute Gasteiger partial charge is 0.222 e. The van der Waals surface area contributed by atoms with Crippen LogP contribution in [0.3, 0.4) is 0 Å². The van der Waals surface area contributed by atoms with E-state index in [4.69, 9.17) is 4.74 Å². The lowest BCUT2D eigenvalue weighted by molar-refractivity contribution is -0.135. The molecular weight excluding hydrogens is 288 g/mol. The number of likely N-dealkylation sites (tertiary alicyclic amines) is 1. The fourth-order valence-corrected chi connectivity index (χ4v) is 5.05. The van der Waals surface area contributed by atoms with Gasteiger partial charge >= 0.3 is 0 Å². The van der Waals surface area contributed by atoms with Crippen molar-refractivity contribution in [1.82, 2.24) is 9.80 Å². The van der Waals surface area contributed by atoms with Gasteiger partial charge in [-0.3, -0.25) is 9.69 Å². The summed E-state index contributed by atoms with van der Waals surface area (Å²) in [5.41, 5.74) is 1.35. The summed E-state index contributed by atoms with van der Waals surface area (Å²) in [6.45, 7) is 5.26. The van der Waals surface area contributed by atoms with Crippen LogP contribution in [0.1, 0.15) is 37.7 Å². The van der Waals surface area contributed by atoms with Crippen molar-refractivity contribution in [3.8, 4) is 5.75 Å². The molecule has 0 saturated carbocycles. The Morgan fingerprint density at radius 2 is 1.87 bits per heavy atom. The zero-order valence-corrected chi connectivity index (χ0v) is 14.1. The highest BCUT2D eigenvalue weighted by Crippen LogP contribution is 2.46. The van der Waals surface area contributed by atoms with E-state index in [0.717, 1.165) is 12.3 Å². The van der Waals surface area contributed by atoms with Gasteiger partial charge in [-0.1, -0.05) is 19.1 Å². The van der Waals surface area contributed by atoms with Gasteiger partial charge in [0.05, 0.1) is 13.2 Å². The molecule has 4 aliphatic heterocycles. The van der Waals surface area contributed by atoms with Gasteiger partial charge < -0.3 is 9.64 Å². The lowest BCUT2D eigenvalue weighted by Crippen LogP contribution is -2.60. The van der Waals surface area contributed by atoms with Crippen LogP contribution in [0.25, 0.3) is 0 Å². The standard InChI is InChI=1S/C19H26N2O2/c1-3-17(22)21-12-16(13-4-6-15(23-2)7-5-13)19-18(21)14-8-10-20(19)11-9-14/h4-7,14,16,18-19H,3,8-12H2,1-2H3/t16-,18+,19+/m1/s1. The lowest BCUT2D eigenvalue weighted by Gasteiger charge is -2.51. The summed E-state index contributed by atoms with van der Waals surface area (Å²) in [4.78, 5) is 17.4. The summed E-state index contributed by atoms with van der Waals surface area (Å²) >= 11 is 0. The van der Waals surface area contributed by atoms with Crippen molar-refractivity contribution in [1.29, 1.82) is 0 Å². The maximum absolute atomic E-state index is 12.5. The minimum atomic E-state index is 0.324. The van der Waals surface area contributed by atoms with Gasteiger partial charge in [0, 0.05) is 24.9 Å². The second-order valence-electron chi connectivity index (χ2n) is 7.13. The molecule has 0 unspecified atom stereocenters. The Hall–Kier alpha value is -1.55. The maximum atomic E-state index is 12.5. The molecule has 0 spiro atoms. The molecule has 5 rings (SSSR count). The Bertz CT molecular complexity index is 578. The third-order valence-corrected chi connectivity index (χ3v) is 6.16. The van der Waals surface area contributed by atoms with Crippen molar-refractivity contribution in [2.45, 2.75) is 44.2 Å². The van der Waals surface area contributed by atoms with Gasteiger partial charge in [-0.15, -0.1) is 0 Å². The summed E-state index contributed by atoms with van der Waals surface area (Å²) in [6.07, 6.45) is 3.12. The van der Waals surface area contributed by atoms with Crippen molar-refractivity contribution in [2.75, 3.05) is 26.7 Å². The van der Waals surface area contributed by atoms with Crippen LogP contribution in [-0.2, 0) is 4.79 Å². The summed E-state index contributed by atoms with van der Waals surface area (Å²) < 4.78 is 5.29. The van der Waals surface area contributed by atoms with E-state index in [9.17, 15) is 4.79 Å². The zero-order chi connectivity index (χ0) is 16.0. The number of methoxy groups -OCH3 is 1. The fraction of sp³-hybridized carbons (Fsp3) is 0.632. The predicted molar refractivity (Wildman–Crippen MR) is 89.6 cm³/mol. The average molecular weight is 314 g/mol. The zero-order valence-electron chi connectivity index (χ0n) is 14.1. The molecule has 4 fully saturated rings.